The molecule has 3 aromatic rings. The second kappa shape index (κ2) is 17.2. The molecule has 15 heteroatoms. The summed E-state index contributed by atoms with van der Waals surface area (Å²) in [4.78, 5) is 59.6. The van der Waals surface area contributed by atoms with Crippen LogP contribution < -0.4 is 25.4 Å². The van der Waals surface area contributed by atoms with Crippen LogP contribution in [-0.4, -0.2) is 106 Å². The molecule has 0 spiro atoms. The van der Waals surface area contributed by atoms with Gasteiger partial charge in [-0.05, 0) is 60.4 Å². The number of sulfonamides is 1. The van der Waals surface area contributed by atoms with E-state index in [9.17, 15) is 27.6 Å². The van der Waals surface area contributed by atoms with Gasteiger partial charge in [-0.1, -0.05) is 44.2 Å². The zero-order valence-corrected chi connectivity index (χ0v) is 30.1. The molecule has 6 rings (SSSR count). The van der Waals surface area contributed by atoms with E-state index in [4.69, 9.17) is 9.47 Å². The summed E-state index contributed by atoms with van der Waals surface area (Å²) in [5.74, 6) is -2.00. The summed E-state index contributed by atoms with van der Waals surface area (Å²) in [5.41, 5.74) is 2.25. The van der Waals surface area contributed by atoms with Gasteiger partial charge in [0.1, 0.15) is 30.5 Å². The summed E-state index contributed by atoms with van der Waals surface area (Å²) < 4.78 is 40.1. The second-order valence-electron chi connectivity index (χ2n) is 13.5. The van der Waals surface area contributed by atoms with Gasteiger partial charge in [0.25, 0.3) is 0 Å². The molecular formula is C36H48N6O8S. The van der Waals surface area contributed by atoms with E-state index in [-0.39, 0.29) is 62.6 Å². The first kappa shape index (κ1) is 37.8. The van der Waals surface area contributed by atoms with E-state index in [1.165, 1.54) is 12.0 Å². The first-order valence-corrected chi connectivity index (χ1v) is 19.0. The number of benzene rings is 2. The Balaban J connectivity index is 1.51. The lowest BCUT2D eigenvalue weighted by molar-refractivity contribution is -0.141. The van der Waals surface area contributed by atoms with Crippen LogP contribution in [0.1, 0.15) is 37.8 Å². The molecule has 14 nitrogen and oxygen atoms in total. The van der Waals surface area contributed by atoms with Crippen LogP contribution in [0.3, 0.4) is 0 Å². The van der Waals surface area contributed by atoms with Crippen LogP contribution in [0, 0.1) is 11.8 Å². The van der Waals surface area contributed by atoms with Crippen molar-refractivity contribution in [1.29, 1.82) is 0 Å². The highest BCUT2D eigenvalue weighted by Crippen LogP contribution is 2.30. The van der Waals surface area contributed by atoms with E-state index in [2.05, 4.69) is 25.7 Å². The van der Waals surface area contributed by atoms with Crippen LogP contribution in [0.5, 0.6) is 5.75 Å². The van der Waals surface area contributed by atoms with Crippen molar-refractivity contribution in [2.45, 2.75) is 57.7 Å². The summed E-state index contributed by atoms with van der Waals surface area (Å²) in [6, 6.07) is 11.1. The van der Waals surface area contributed by atoms with Crippen LogP contribution >= 0.6 is 0 Å². The molecule has 2 bridgehead atoms. The Kier molecular flexibility index (Phi) is 12.7. The molecule has 3 aliphatic rings. The quantitative estimate of drug-likeness (QED) is 0.193. The van der Waals surface area contributed by atoms with Gasteiger partial charge in [0.05, 0.1) is 25.4 Å². The van der Waals surface area contributed by atoms with E-state index in [0.29, 0.717) is 11.3 Å². The number of para-hydroxylation sites is 1. The molecule has 2 aliphatic heterocycles. The van der Waals surface area contributed by atoms with Crippen molar-refractivity contribution in [1.82, 2.24) is 30.6 Å². The number of aromatic amines is 1. The van der Waals surface area contributed by atoms with Crippen molar-refractivity contribution in [3.63, 3.8) is 0 Å². The van der Waals surface area contributed by atoms with Gasteiger partial charge in [-0.3, -0.25) is 19.2 Å². The molecule has 1 aromatic heterocycles. The van der Waals surface area contributed by atoms with Crippen LogP contribution in [0.25, 0.3) is 10.9 Å². The van der Waals surface area contributed by atoms with Crippen molar-refractivity contribution in [3.05, 3.63) is 65.9 Å². The number of ether oxygens (including phenoxy) is 2. The Morgan fingerprint density at radius 3 is 2.45 bits per heavy atom. The SMILES string of the molecule is COCCN1CC(=O)N[C@@H](C(C)C)C(=O)NCCOc2ccc(cc2)C[C@H](NS(=O)(=O)CC2CC2)C(=O)N[C@@H](Cc2c[nH]c3ccccc23)C1=O. The molecular weight excluding hydrogens is 676 g/mol. The van der Waals surface area contributed by atoms with Crippen molar-refractivity contribution in [2.75, 3.05) is 45.7 Å². The molecule has 5 N–H and O–H groups in total. The number of carbonyl (C=O) groups is 4. The molecule has 3 heterocycles. The van der Waals surface area contributed by atoms with E-state index in [1.807, 2.05) is 24.3 Å². The minimum Gasteiger partial charge on any atom is -0.492 e. The van der Waals surface area contributed by atoms with Gasteiger partial charge in [0.2, 0.25) is 33.7 Å². The number of fused-ring (bicyclic) bond motifs is 18. The van der Waals surface area contributed by atoms with Gasteiger partial charge >= 0.3 is 0 Å². The fourth-order valence-electron chi connectivity index (χ4n) is 6.07. The Labute approximate surface area is 298 Å². The van der Waals surface area contributed by atoms with Gasteiger partial charge < -0.3 is 35.3 Å². The van der Waals surface area contributed by atoms with Gasteiger partial charge in [-0.25, -0.2) is 13.1 Å². The van der Waals surface area contributed by atoms with Gasteiger partial charge in [0.15, 0.2) is 0 Å². The predicted octanol–water partition coefficient (Wildman–Crippen LogP) is 1.26. The maximum Gasteiger partial charge on any atom is 0.246 e. The van der Waals surface area contributed by atoms with Crippen molar-refractivity contribution >= 4 is 44.6 Å². The fraction of sp³-hybridized carbons (Fsp3) is 0.500. The maximum absolute atomic E-state index is 14.4. The van der Waals surface area contributed by atoms with Crippen molar-refractivity contribution in [3.8, 4) is 5.75 Å². The van der Waals surface area contributed by atoms with E-state index < -0.39 is 52.4 Å². The third kappa shape index (κ3) is 10.8. The number of hydrogen-bond acceptors (Lipinski definition) is 8. The smallest absolute Gasteiger partial charge is 0.246 e. The Hall–Kier alpha value is -4.47. The van der Waals surface area contributed by atoms with Crippen LogP contribution in [0.15, 0.2) is 54.7 Å². The fourth-order valence-corrected chi connectivity index (χ4v) is 7.74. The number of amides is 4. The molecule has 1 saturated carbocycles. The number of hydrogen-bond donors (Lipinski definition) is 5. The lowest BCUT2D eigenvalue weighted by atomic mass is 10.0. The molecule has 0 unspecified atom stereocenters. The highest BCUT2D eigenvalue weighted by Gasteiger charge is 2.35. The number of aromatic nitrogens is 1. The zero-order chi connectivity index (χ0) is 36.5. The minimum absolute atomic E-state index is 0.00640. The molecule has 0 radical (unpaired) electrons. The van der Waals surface area contributed by atoms with Crippen LogP contribution in [0.2, 0.25) is 0 Å². The Bertz CT molecular complexity index is 1790. The standard InChI is InChI=1S/C36H48N6O8S/c1-23(2)33-35(45)37-14-16-50-27-12-10-24(11-13-27)18-30(41-51(47,48)22-25-8-9-25)34(44)39-31(19-26-20-38-29-7-5-4-6-28(26)29)36(46)42(15-17-49-3)21-32(43)40-33/h4-7,10-13,20,23,25,30-31,33,38,41H,8-9,14-19,21-22H2,1-3H3,(H,37,45)(H,39,44)(H,40,43)/t30-,31-,33-/m0/s1. The summed E-state index contributed by atoms with van der Waals surface area (Å²) >= 11 is 0. The molecule has 3 atom stereocenters. The number of carbonyl (C=O) groups excluding carboxylic acids is 4. The highest BCUT2D eigenvalue weighted by atomic mass is 32.2. The first-order chi connectivity index (χ1) is 24.4. The molecule has 4 amide bonds. The van der Waals surface area contributed by atoms with Crippen LogP contribution in [0.4, 0.5) is 0 Å². The van der Waals surface area contributed by atoms with Gasteiger partial charge in [-0.2, -0.15) is 0 Å². The van der Waals surface area contributed by atoms with Crippen molar-refractivity contribution in [2.24, 2.45) is 11.8 Å². The largest absolute Gasteiger partial charge is 0.492 e. The van der Waals surface area contributed by atoms with E-state index in [1.54, 1.807) is 44.3 Å². The molecule has 1 aliphatic carbocycles. The van der Waals surface area contributed by atoms with E-state index in [0.717, 1.165) is 29.3 Å². The third-order valence-electron chi connectivity index (χ3n) is 9.01. The Morgan fingerprint density at radius 2 is 1.75 bits per heavy atom. The Morgan fingerprint density at radius 1 is 1.00 bits per heavy atom. The van der Waals surface area contributed by atoms with Gasteiger partial charge in [0, 0.05) is 37.2 Å². The summed E-state index contributed by atoms with van der Waals surface area (Å²) in [6.45, 7) is 3.65. The molecule has 1 fully saturated rings. The summed E-state index contributed by atoms with van der Waals surface area (Å²) in [5, 5.41) is 9.26. The predicted molar refractivity (Wildman–Crippen MR) is 191 cm³/mol. The van der Waals surface area contributed by atoms with Gasteiger partial charge in [-0.15, -0.1) is 0 Å². The molecule has 51 heavy (non-hydrogen) atoms. The minimum atomic E-state index is -3.84. The number of methoxy groups -OCH3 is 1. The third-order valence-corrected chi connectivity index (χ3v) is 10.6. The zero-order valence-electron chi connectivity index (χ0n) is 29.3. The number of nitrogens with zero attached hydrogens (tertiary/aromatic N) is 1. The average molecular weight is 725 g/mol. The maximum atomic E-state index is 14.4. The highest BCUT2D eigenvalue weighted by molar-refractivity contribution is 7.89. The number of H-pyrrole nitrogens is 1. The monoisotopic (exact) mass is 724 g/mol. The topological polar surface area (TPSA) is 188 Å². The molecule has 2 aromatic carbocycles. The van der Waals surface area contributed by atoms with Crippen LogP contribution in [-0.2, 0) is 46.8 Å². The lowest BCUT2D eigenvalue weighted by Crippen LogP contribution is -2.58. The normalized spacial score (nSPS) is 21.6. The summed E-state index contributed by atoms with van der Waals surface area (Å²) in [6.07, 6.45) is 3.44. The first-order valence-electron chi connectivity index (χ1n) is 17.3. The summed E-state index contributed by atoms with van der Waals surface area (Å²) in [7, 11) is -2.37. The number of nitrogens with one attached hydrogen (secondary N) is 5. The lowest BCUT2D eigenvalue weighted by Gasteiger charge is -2.30. The average Bonchev–Trinajstić information content (AvgIpc) is 3.81. The second-order valence-corrected chi connectivity index (χ2v) is 15.3. The van der Waals surface area contributed by atoms with Crippen molar-refractivity contribution < 1.29 is 37.1 Å². The molecule has 0 saturated heterocycles. The van der Waals surface area contributed by atoms with E-state index >= 15 is 0 Å². The molecule has 276 valence electrons. The number of rotatable bonds is 10.